The summed E-state index contributed by atoms with van der Waals surface area (Å²) in [4.78, 5) is 23.5. The van der Waals surface area contributed by atoms with E-state index < -0.39 is 30.7 Å². The number of carbonyl (C=O) groups excluding carboxylic acids is 2. The molecule has 0 aromatic heterocycles. The number of aliphatic hydroxyl groups excluding tert-OH is 3. The lowest BCUT2D eigenvalue weighted by Crippen LogP contribution is -2.57. The Hall–Kier alpha value is -1.78. The number of carbonyl (C=O) groups is 2. The van der Waals surface area contributed by atoms with Crippen molar-refractivity contribution in [2.75, 3.05) is 19.7 Å². The van der Waals surface area contributed by atoms with Gasteiger partial charge in [-0.05, 0) is 33.1 Å². The molecule has 0 aromatic rings. The molecule has 0 spiro atoms. The van der Waals surface area contributed by atoms with Crippen LogP contribution in [-0.2, 0) is 19.1 Å². The summed E-state index contributed by atoms with van der Waals surface area (Å²) >= 11 is 0. The van der Waals surface area contributed by atoms with Gasteiger partial charge in [0.25, 0.3) is 0 Å². The van der Waals surface area contributed by atoms with Crippen LogP contribution >= 0.6 is 0 Å². The molecular formula is C22H38N2O7. The Labute approximate surface area is 184 Å². The number of unbranched alkanes of at least 4 members (excludes halogenated alkanes) is 2. The summed E-state index contributed by atoms with van der Waals surface area (Å²) in [6.45, 7) is 4.64. The molecule has 0 saturated carbocycles. The summed E-state index contributed by atoms with van der Waals surface area (Å²) in [6, 6.07) is 0. The summed E-state index contributed by atoms with van der Waals surface area (Å²) in [5.41, 5.74) is 0. The predicted octanol–water partition coefficient (Wildman–Crippen LogP) is 0.536. The Balaban J connectivity index is 1.99. The molecule has 1 saturated heterocycles. The smallest absolute Gasteiger partial charge is 0.220 e. The lowest BCUT2D eigenvalue weighted by atomic mass is 10.0. The van der Waals surface area contributed by atoms with E-state index in [2.05, 4.69) is 10.6 Å². The van der Waals surface area contributed by atoms with Crippen LogP contribution in [0.15, 0.2) is 24.3 Å². The molecule has 2 amide bonds. The van der Waals surface area contributed by atoms with Gasteiger partial charge in [-0.2, -0.15) is 0 Å². The summed E-state index contributed by atoms with van der Waals surface area (Å²) in [6.07, 6.45) is 5.92. The third kappa shape index (κ3) is 11.4. The third-order valence-electron chi connectivity index (χ3n) is 4.89. The molecule has 0 aromatic carbocycles. The molecule has 1 rings (SSSR count). The summed E-state index contributed by atoms with van der Waals surface area (Å²) in [5.74, 6) is -0.107. The maximum atomic E-state index is 11.8. The predicted molar refractivity (Wildman–Crippen MR) is 116 cm³/mol. The molecule has 2 unspecified atom stereocenters. The van der Waals surface area contributed by atoms with Crippen molar-refractivity contribution in [3.8, 4) is 0 Å². The zero-order chi connectivity index (χ0) is 23.1. The number of hydrogen-bond donors (Lipinski definition) is 5. The van der Waals surface area contributed by atoms with Gasteiger partial charge in [-0.1, -0.05) is 30.7 Å². The Morgan fingerprint density at radius 1 is 0.935 bits per heavy atom. The summed E-state index contributed by atoms with van der Waals surface area (Å²) in [5, 5.41) is 34.8. The van der Waals surface area contributed by atoms with Gasteiger partial charge in [0.15, 0.2) is 6.29 Å². The molecule has 0 bridgehead atoms. The maximum absolute atomic E-state index is 11.8. The topological polar surface area (TPSA) is 137 Å². The second-order valence-corrected chi connectivity index (χ2v) is 7.56. The van der Waals surface area contributed by atoms with Gasteiger partial charge in [0, 0.05) is 32.5 Å². The maximum Gasteiger partial charge on any atom is 0.220 e. The monoisotopic (exact) mass is 442 g/mol. The zero-order valence-corrected chi connectivity index (χ0v) is 18.5. The van der Waals surface area contributed by atoms with E-state index in [4.69, 9.17) is 9.47 Å². The van der Waals surface area contributed by atoms with Crippen LogP contribution in [0.2, 0.25) is 0 Å². The van der Waals surface area contributed by atoms with Crippen molar-refractivity contribution in [3.63, 3.8) is 0 Å². The largest absolute Gasteiger partial charge is 0.388 e. The second kappa shape index (κ2) is 15.9. The first-order valence-electron chi connectivity index (χ1n) is 11.0. The van der Waals surface area contributed by atoms with Crippen molar-refractivity contribution in [3.05, 3.63) is 24.3 Å². The number of hydrogen-bond acceptors (Lipinski definition) is 7. The van der Waals surface area contributed by atoms with Gasteiger partial charge in [-0.3, -0.25) is 9.59 Å². The van der Waals surface area contributed by atoms with Crippen molar-refractivity contribution >= 4 is 11.8 Å². The highest BCUT2D eigenvalue weighted by atomic mass is 16.7. The fraction of sp³-hybridized carbons (Fsp3) is 0.727. The van der Waals surface area contributed by atoms with Gasteiger partial charge in [0.1, 0.15) is 18.3 Å². The minimum atomic E-state index is -1.30. The Bertz CT molecular complexity index is 582. The number of ether oxygens (including phenoxy) is 2. The van der Waals surface area contributed by atoms with Crippen LogP contribution in [0, 0.1) is 0 Å². The quantitative estimate of drug-likeness (QED) is 0.195. The van der Waals surface area contributed by atoms with Crippen molar-refractivity contribution in [1.82, 2.24) is 10.6 Å². The molecule has 5 atom stereocenters. The Morgan fingerprint density at radius 3 is 2.29 bits per heavy atom. The number of rotatable bonds is 14. The van der Waals surface area contributed by atoms with E-state index in [-0.39, 0.29) is 11.8 Å². The van der Waals surface area contributed by atoms with Crippen LogP contribution in [0.3, 0.4) is 0 Å². The first-order chi connectivity index (χ1) is 14.9. The standard InChI is InChI=1S/C22H38N2O7/c1-3-4-5-6-8-11-17(25)23-13-14-24-18(26)12-9-7-10-15-30-22-21(29)20(28)19(27)16(2)31-22/h3-6,16,19-22,27-29H,7-15H2,1-2H3,(H,23,25)(H,24,26)/b4-3+,6-5+/t16?,19-,20+,21?,22+/m0/s1. The van der Waals surface area contributed by atoms with Gasteiger partial charge in [0.05, 0.1) is 6.10 Å². The number of nitrogens with one attached hydrogen (secondary N) is 2. The highest BCUT2D eigenvalue weighted by Crippen LogP contribution is 2.21. The number of amides is 2. The lowest BCUT2D eigenvalue weighted by molar-refractivity contribution is -0.293. The first-order valence-corrected chi connectivity index (χ1v) is 11.0. The van der Waals surface area contributed by atoms with Crippen LogP contribution < -0.4 is 10.6 Å². The molecule has 31 heavy (non-hydrogen) atoms. The average molecular weight is 443 g/mol. The van der Waals surface area contributed by atoms with Gasteiger partial charge < -0.3 is 35.4 Å². The van der Waals surface area contributed by atoms with Crippen LogP contribution in [-0.4, -0.2) is 77.5 Å². The Kier molecular flexibility index (Phi) is 14.0. The van der Waals surface area contributed by atoms with Crippen molar-refractivity contribution in [2.24, 2.45) is 0 Å². The molecular weight excluding hydrogens is 404 g/mol. The average Bonchev–Trinajstić information content (AvgIpc) is 2.75. The molecule has 9 heteroatoms. The highest BCUT2D eigenvalue weighted by molar-refractivity contribution is 5.77. The van der Waals surface area contributed by atoms with E-state index in [1.165, 1.54) is 0 Å². The van der Waals surface area contributed by atoms with Crippen molar-refractivity contribution in [2.45, 2.75) is 83.1 Å². The van der Waals surface area contributed by atoms with Gasteiger partial charge in [0.2, 0.25) is 11.8 Å². The molecule has 9 nitrogen and oxygen atoms in total. The van der Waals surface area contributed by atoms with Gasteiger partial charge in [-0.25, -0.2) is 0 Å². The zero-order valence-electron chi connectivity index (χ0n) is 18.5. The van der Waals surface area contributed by atoms with E-state index in [0.29, 0.717) is 51.8 Å². The van der Waals surface area contributed by atoms with Gasteiger partial charge in [-0.15, -0.1) is 0 Å². The van der Waals surface area contributed by atoms with Crippen LogP contribution in [0.25, 0.3) is 0 Å². The molecule has 5 N–H and O–H groups in total. The molecule has 1 aliphatic heterocycles. The van der Waals surface area contributed by atoms with Crippen LogP contribution in [0.5, 0.6) is 0 Å². The fourth-order valence-corrected chi connectivity index (χ4v) is 3.00. The molecule has 1 aliphatic rings. The molecule has 1 heterocycles. The highest BCUT2D eigenvalue weighted by Gasteiger charge is 2.42. The van der Waals surface area contributed by atoms with Crippen LogP contribution in [0.4, 0.5) is 0 Å². The van der Waals surface area contributed by atoms with E-state index in [9.17, 15) is 24.9 Å². The minimum absolute atomic E-state index is 0.0390. The summed E-state index contributed by atoms with van der Waals surface area (Å²) in [7, 11) is 0. The number of allylic oxidation sites excluding steroid dienone is 4. The number of aliphatic hydroxyl groups is 3. The van der Waals surface area contributed by atoms with Crippen molar-refractivity contribution < 1.29 is 34.4 Å². The second-order valence-electron chi connectivity index (χ2n) is 7.56. The van der Waals surface area contributed by atoms with E-state index >= 15 is 0 Å². The SMILES string of the molecule is C/C=C/C=C/CCC(=O)NCCNC(=O)CCCCCO[C@@H]1OC(C)[C@H](O)[C@@H](O)C1O. The third-order valence-corrected chi connectivity index (χ3v) is 4.89. The normalized spacial score (nSPS) is 26.4. The van der Waals surface area contributed by atoms with E-state index in [0.717, 1.165) is 6.42 Å². The molecule has 178 valence electrons. The van der Waals surface area contributed by atoms with Gasteiger partial charge >= 0.3 is 0 Å². The Morgan fingerprint density at radius 2 is 1.61 bits per heavy atom. The lowest BCUT2D eigenvalue weighted by Gasteiger charge is -2.38. The van der Waals surface area contributed by atoms with E-state index in [1.54, 1.807) is 6.92 Å². The van der Waals surface area contributed by atoms with Crippen molar-refractivity contribution in [1.29, 1.82) is 0 Å². The molecule has 0 aliphatic carbocycles. The summed E-state index contributed by atoms with van der Waals surface area (Å²) < 4.78 is 10.8. The molecule has 0 radical (unpaired) electrons. The fourth-order valence-electron chi connectivity index (χ4n) is 3.00. The minimum Gasteiger partial charge on any atom is -0.388 e. The van der Waals surface area contributed by atoms with E-state index in [1.807, 2.05) is 31.2 Å². The van der Waals surface area contributed by atoms with Crippen LogP contribution in [0.1, 0.15) is 52.4 Å². The first kappa shape index (κ1) is 27.3. The molecule has 1 fully saturated rings.